The highest BCUT2D eigenvalue weighted by atomic mass is 16.4. The molecule has 0 aliphatic carbocycles. The average molecular weight is 315 g/mol. The Bertz CT molecular complexity index is 227. The van der Waals surface area contributed by atoms with E-state index in [2.05, 4.69) is 6.92 Å². The number of carboxylic acid groups (broad SMARTS) is 1. The number of hydrogen-bond donors (Lipinski definition) is 1. The van der Waals surface area contributed by atoms with Gasteiger partial charge in [0.05, 0.1) is 0 Å². The molecule has 3 nitrogen and oxygen atoms in total. The van der Waals surface area contributed by atoms with E-state index in [0.717, 1.165) is 19.1 Å². The molecular formula is C19H38O3. The van der Waals surface area contributed by atoms with E-state index in [1.165, 1.54) is 70.6 Å². The first kappa shape index (κ1) is 23.4. The van der Waals surface area contributed by atoms with Crippen LogP contribution < -0.4 is 0 Å². The second kappa shape index (κ2) is 22.4. The van der Waals surface area contributed by atoms with E-state index in [-0.39, 0.29) is 0 Å². The summed E-state index contributed by atoms with van der Waals surface area (Å²) >= 11 is 0. The predicted molar refractivity (Wildman–Crippen MR) is 94.3 cm³/mol. The summed E-state index contributed by atoms with van der Waals surface area (Å²) in [6.07, 6.45) is 18.8. The molecule has 0 aromatic heterocycles. The summed E-state index contributed by atoms with van der Waals surface area (Å²) in [5.74, 6) is -0.655. The second-order valence-electron chi connectivity index (χ2n) is 5.96. The Hall–Kier alpha value is -0.860. The Morgan fingerprint density at radius 1 is 0.727 bits per heavy atom. The van der Waals surface area contributed by atoms with Crippen molar-refractivity contribution >= 4 is 12.3 Å². The first-order valence-electron chi connectivity index (χ1n) is 9.34. The number of carbonyl (C=O) groups is 2. The molecule has 0 spiro atoms. The third-order valence-electron chi connectivity index (χ3n) is 3.66. The van der Waals surface area contributed by atoms with Crippen LogP contribution in [0.1, 0.15) is 110 Å². The van der Waals surface area contributed by atoms with E-state index < -0.39 is 5.97 Å². The van der Waals surface area contributed by atoms with Gasteiger partial charge in [0.25, 0.3) is 0 Å². The molecule has 0 rings (SSSR count). The molecule has 132 valence electrons. The molecule has 0 amide bonds. The van der Waals surface area contributed by atoms with Crippen molar-refractivity contribution in [1.82, 2.24) is 0 Å². The normalized spacial score (nSPS) is 9.91. The summed E-state index contributed by atoms with van der Waals surface area (Å²) < 4.78 is 0. The van der Waals surface area contributed by atoms with Gasteiger partial charge in [-0.2, -0.15) is 0 Å². The minimum absolute atomic E-state index is 0.345. The molecule has 0 saturated carbocycles. The van der Waals surface area contributed by atoms with E-state index in [4.69, 9.17) is 5.11 Å². The van der Waals surface area contributed by atoms with Gasteiger partial charge >= 0.3 is 5.97 Å². The zero-order valence-corrected chi connectivity index (χ0v) is 14.9. The molecule has 0 radical (unpaired) electrons. The zero-order valence-electron chi connectivity index (χ0n) is 14.9. The quantitative estimate of drug-likeness (QED) is 0.291. The molecule has 3 heteroatoms. The lowest BCUT2D eigenvalue weighted by atomic mass is 10.0. The van der Waals surface area contributed by atoms with Gasteiger partial charge in [0.2, 0.25) is 0 Å². The zero-order chi connectivity index (χ0) is 16.9. The van der Waals surface area contributed by atoms with Crippen molar-refractivity contribution in [2.75, 3.05) is 0 Å². The van der Waals surface area contributed by atoms with Crippen molar-refractivity contribution in [2.24, 2.45) is 0 Å². The molecule has 0 aromatic rings. The summed E-state index contributed by atoms with van der Waals surface area (Å²) in [6, 6.07) is 0. The van der Waals surface area contributed by atoms with Gasteiger partial charge in [-0.3, -0.25) is 4.79 Å². The first-order chi connectivity index (χ1) is 10.7. The van der Waals surface area contributed by atoms with Crippen LogP contribution in [0.4, 0.5) is 0 Å². The van der Waals surface area contributed by atoms with Crippen LogP contribution in [0.3, 0.4) is 0 Å². The van der Waals surface area contributed by atoms with Crippen molar-refractivity contribution in [3.63, 3.8) is 0 Å². The molecule has 0 aliphatic rings. The Balaban J connectivity index is 0. The Morgan fingerprint density at radius 3 is 1.32 bits per heavy atom. The summed E-state index contributed by atoms with van der Waals surface area (Å²) in [4.78, 5) is 19.5. The van der Waals surface area contributed by atoms with E-state index in [1.807, 2.05) is 6.92 Å². The SMILES string of the molecule is CCC=O.CCCCCCCCCCCCCCCC(=O)O. The van der Waals surface area contributed by atoms with Crippen LogP contribution >= 0.6 is 0 Å². The Morgan fingerprint density at radius 2 is 1.05 bits per heavy atom. The van der Waals surface area contributed by atoms with E-state index >= 15 is 0 Å². The average Bonchev–Trinajstić information content (AvgIpc) is 2.52. The van der Waals surface area contributed by atoms with Crippen LogP contribution in [-0.2, 0) is 9.59 Å². The fourth-order valence-corrected chi connectivity index (χ4v) is 2.29. The highest BCUT2D eigenvalue weighted by molar-refractivity contribution is 5.66. The molecule has 0 aromatic carbocycles. The maximum absolute atomic E-state index is 10.3. The van der Waals surface area contributed by atoms with Gasteiger partial charge in [0.15, 0.2) is 0 Å². The minimum atomic E-state index is -0.655. The number of aldehydes is 1. The predicted octanol–water partition coefficient (Wildman–Crippen LogP) is 6.15. The summed E-state index contributed by atoms with van der Waals surface area (Å²) in [5.41, 5.74) is 0. The smallest absolute Gasteiger partial charge is 0.303 e. The molecule has 22 heavy (non-hydrogen) atoms. The molecule has 0 aliphatic heterocycles. The van der Waals surface area contributed by atoms with Crippen molar-refractivity contribution in [3.8, 4) is 0 Å². The van der Waals surface area contributed by atoms with Crippen molar-refractivity contribution in [2.45, 2.75) is 110 Å². The van der Waals surface area contributed by atoms with Gasteiger partial charge in [0, 0.05) is 12.8 Å². The highest BCUT2D eigenvalue weighted by Gasteiger charge is 1.96. The number of aliphatic carboxylic acids is 1. The van der Waals surface area contributed by atoms with Crippen LogP contribution in [0.25, 0.3) is 0 Å². The molecule has 0 atom stereocenters. The molecule has 0 unspecified atom stereocenters. The van der Waals surface area contributed by atoms with Gasteiger partial charge in [-0.15, -0.1) is 0 Å². The highest BCUT2D eigenvalue weighted by Crippen LogP contribution is 2.12. The first-order valence-corrected chi connectivity index (χ1v) is 9.34. The topological polar surface area (TPSA) is 54.4 Å². The van der Waals surface area contributed by atoms with E-state index in [0.29, 0.717) is 12.8 Å². The van der Waals surface area contributed by atoms with Gasteiger partial charge in [-0.25, -0.2) is 0 Å². The Kier molecular flexibility index (Phi) is 23.9. The maximum Gasteiger partial charge on any atom is 0.303 e. The maximum atomic E-state index is 10.3. The Labute approximate surface area is 137 Å². The fraction of sp³-hybridized carbons (Fsp3) is 0.895. The van der Waals surface area contributed by atoms with Crippen molar-refractivity contribution < 1.29 is 14.7 Å². The van der Waals surface area contributed by atoms with Crippen LogP contribution in [-0.4, -0.2) is 17.4 Å². The fourth-order valence-electron chi connectivity index (χ4n) is 2.29. The van der Waals surface area contributed by atoms with Crippen LogP contribution in [0.5, 0.6) is 0 Å². The number of unbranched alkanes of at least 4 members (excludes halogenated alkanes) is 12. The van der Waals surface area contributed by atoms with E-state index in [9.17, 15) is 9.59 Å². The lowest BCUT2D eigenvalue weighted by Crippen LogP contribution is -1.93. The lowest BCUT2D eigenvalue weighted by Gasteiger charge is -2.02. The number of carbonyl (C=O) groups excluding carboxylic acids is 1. The standard InChI is InChI=1S/C16H32O2.C3H6O/c1-2-3-4-5-6-7-8-9-10-11-12-13-14-15-16(17)18;1-2-3-4/h2-15H2,1H3,(H,17,18);3H,2H2,1H3. The number of rotatable bonds is 15. The molecule has 1 N–H and O–H groups in total. The van der Waals surface area contributed by atoms with Crippen molar-refractivity contribution in [1.29, 1.82) is 0 Å². The summed E-state index contributed by atoms with van der Waals surface area (Å²) in [5, 5.41) is 8.49. The summed E-state index contributed by atoms with van der Waals surface area (Å²) in [6.45, 7) is 4.07. The van der Waals surface area contributed by atoms with Gasteiger partial charge in [0.1, 0.15) is 6.29 Å². The molecule has 0 heterocycles. The van der Waals surface area contributed by atoms with Gasteiger partial charge in [-0.05, 0) is 6.42 Å². The van der Waals surface area contributed by atoms with Crippen LogP contribution in [0.2, 0.25) is 0 Å². The molecule has 0 bridgehead atoms. The van der Waals surface area contributed by atoms with Crippen LogP contribution in [0, 0.1) is 0 Å². The molecule has 0 fully saturated rings. The summed E-state index contributed by atoms with van der Waals surface area (Å²) in [7, 11) is 0. The van der Waals surface area contributed by atoms with Crippen LogP contribution in [0.15, 0.2) is 0 Å². The number of hydrogen-bond acceptors (Lipinski definition) is 2. The number of carboxylic acids is 1. The largest absolute Gasteiger partial charge is 0.481 e. The lowest BCUT2D eigenvalue weighted by molar-refractivity contribution is -0.137. The second-order valence-corrected chi connectivity index (χ2v) is 5.96. The van der Waals surface area contributed by atoms with Gasteiger partial charge in [-0.1, -0.05) is 90.9 Å². The van der Waals surface area contributed by atoms with Gasteiger partial charge < -0.3 is 9.90 Å². The van der Waals surface area contributed by atoms with Crippen molar-refractivity contribution in [3.05, 3.63) is 0 Å². The molecular weight excluding hydrogens is 276 g/mol. The third-order valence-corrected chi connectivity index (χ3v) is 3.66. The monoisotopic (exact) mass is 314 g/mol. The molecule has 0 saturated heterocycles. The minimum Gasteiger partial charge on any atom is -0.481 e. The third kappa shape index (κ3) is 27.5. The van der Waals surface area contributed by atoms with E-state index in [1.54, 1.807) is 0 Å².